The lowest BCUT2D eigenvalue weighted by Crippen LogP contribution is -2.51. The van der Waals surface area contributed by atoms with Gasteiger partial charge in [-0.25, -0.2) is 4.79 Å². The smallest absolute Gasteiger partial charge is 0.345 e. The molecule has 126 valence electrons. The zero-order valence-corrected chi connectivity index (χ0v) is 13.4. The fraction of sp³-hybridized carbons (Fsp3) is 0.412. The summed E-state index contributed by atoms with van der Waals surface area (Å²) in [7, 11) is 1.28. The number of methoxy groups -OCH3 is 1. The highest BCUT2D eigenvalue weighted by atomic mass is 16.8. The van der Waals surface area contributed by atoms with Crippen LogP contribution in [0.1, 0.15) is 25.3 Å². The van der Waals surface area contributed by atoms with E-state index in [9.17, 15) is 9.59 Å². The predicted molar refractivity (Wildman–Crippen MR) is 78.5 cm³/mol. The minimum Gasteiger partial charge on any atom is -0.469 e. The first kappa shape index (κ1) is 14.9. The summed E-state index contributed by atoms with van der Waals surface area (Å²) in [5.74, 6) is -3.08. The average Bonchev–Trinajstić information content (AvgIpc) is 2.51. The second-order valence-electron chi connectivity index (χ2n) is 6.26. The number of carbonyl (C=O) groups excluding carboxylic acids is 2. The Morgan fingerprint density at radius 2 is 1.92 bits per heavy atom. The minimum atomic E-state index is -1.15. The lowest BCUT2D eigenvalue weighted by molar-refractivity contribution is -0.255. The molecule has 0 saturated carbocycles. The van der Waals surface area contributed by atoms with Crippen molar-refractivity contribution in [2.75, 3.05) is 7.11 Å². The van der Waals surface area contributed by atoms with Crippen LogP contribution in [0, 0.1) is 5.92 Å². The van der Waals surface area contributed by atoms with Crippen molar-refractivity contribution in [3.8, 4) is 5.75 Å². The SMILES string of the molecule is COC(=O)C1[C@H]2OC3=C(C(=O)OC(C)(C)O3)[C@@H]1c1ccccc1O2. The molecule has 0 spiro atoms. The Bertz CT molecular complexity index is 764. The number of benzene rings is 1. The van der Waals surface area contributed by atoms with Crippen LogP contribution in [0.5, 0.6) is 5.75 Å². The molecule has 1 aromatic rings. The van der Waals surface area contributed by atoms with E-state index in [1.54, 1.807) is 32.0 Å². The standard InChI is InChI=1S/C17H16O7/c1-17(2)23-14(19)12-10-8-6-4-5-7-9(8)21-15(22-16(12)24-17)11(10)13(18)20-3/h4-7,10-11,15H,1-3H3/t10-,11?,15-/m1/s1. The summed E-state index contributed by atoms with van der Waals surface area (Å²) in [6.07, 6.45) is -0.933. The summed E-state index contributed by atoms with van der Waals surface area (Å²) in [4.78, 5) is 24.9. The molecule has 0 amide bonds. The number of hydrogen-bond acceptors (Lipinski definition) is 7. The Morgan fingerprint density at radius 3 is 2.67 bits per heavy atom. The van der Waals surface area contributed by atoms with Gasteiger partial charge in [0.15, 0.2) is 0 Å². The zero-order chi connectivity index (χ0) is 17.1. The largest absolute Gasteiger partial charge is 0.469 e. The van der Waals surface area contributed by atoms with E-state index < -0.39 is 35.9 Å². The fourth-order valence-electron chi connectivity index (χ4n) is 3.32. The molecule has 3 atom stereocenters. The normalized spacial score (nSPS) is 29.1. The molecule has 3 aliphatic rings. The van der Waals surface area contributed by atoms with Crippen LogP contribution < -0.4 is 4.74 Å². The molecule has 0 fully saturated rings. The molecule has 0 aromatic heterocycles. The van der Waals surface area contributed by atoms with Crippen molar-refractivity contribution in [1.82, 2.24) is 0 Å². The highest BCUT2D eigenvalue weighted by Crippen LogP contribution is 2.51. The van der Waals surface area contributed by atoms with Crippen molar-refractivity contribution < 1.29 is 33.3 Å². The lowest BCUT2D eigenvalue weighted by Gasteiger charge is -2.45. The van der Waals surface area contributed by atoms with Crippen LogP contribution in [-0.4, -0.2) is 31.1 Å². The van der Waals surface area contributed by atoms with Crippen LogP contribution in [0.3, 0.4) is 0 Å². The maximum absolute atomic E-state index is 12.6. The van der Waals surface area contributed by atoms with Crippen molar-refractivity contribution in [1.29, 1.82) is 0 Å². The average molecular weight is 332 g/mol. The summed E-state index contributed by atoms with van der Waals surface area (Å²) in [6.45, 7) is 3.21. The van der Waals surface area contributed by atoms with E-state index in [4.69, 9.17) is 23.7 Å². The van der Waals surface area contributed by atoms with Gasteiger partial charge in [-0.1, -0.05) is 18.2 Å². The van der Waals surface area contributed by atoms with E-state index in [0.29, 0.717) is 11.3 Å². The quantitative estimate of drug-likeness (QED) is 0.726. The van der Waals surface area contributed by atoms with Crippen LogP contribution >= 0.6 is 0 Å². The number of esters is 2. The van der Waals surface area contributed by atoms with E-state index in [2.05, 4.69) is 0 Å². The van der Waals surface area contributed by atoms with Gasteiger partial charge in [-0.2, -0.15) is 0 Å². The monoisotopic (exact) mass is 332 g/mol. The second-order valence-corrected chi connectivity index (χ2v) is 6.26. The van der Waals surface area contributed by atoms with Gasteiger partial charge in [-0.05, 0) is 6.07 Å². The maximum Gasteiger partial charge on any atom is 0.345 e. The zero-order valence-electron chi connectivity index (χ0n) is 13.4. The van der Waals surface area contributed by atoms with Gasteiger partial charge in [0.05, 0.1) is 7.11 Å². The van der Waals surface area contributed by atoms with Gasteiger partial charge < -0.3 is 23.7 Å². The minimum absolute atomic E-state index is 0.0425. The Kier molecular flexibility index (Phi) is 3.03. The molecular formula is C17H16O7. The van der Waals surface area contributed by atoms with Gasteiger partial charge in [-0.15, -0.1) is 0 Å². The molecule has 3 heterocycles. The lowest BCUT2D eigenvalue weighted by atomic mass is 9.76. The first-order valence-electron chi connectivity index (χ1n) is 7.58. The van der Waals surface area contributed by atoms with E-state index in [1.807, 2.05) is 6.07 Å². The predicted octanol–water partition coefficient (Wildman–Crippen LogP) is 1.83. The summed E-state index contributed by atoms with van der Waals surface area (Å²) >= 11 is 0. The van der Waals surface area contributed by atoms with Crippen molar-refractivity contribution in [2.24, 2.45) is 5.92 Å². The van der Waals surface area contributed by atoms with Crippen LogP contribution in [-0.2, 0) is 28.5 Å². The number of ether oxygens (including phenoxy) is 5. The Balaban J connectivity index is 1.91. The first-order valence-corrected chi connectivity index (χ1v) is 7.58. The molecular weight excluding hydrogens is 316 g/mol. The Hall–Kier alpha value is -2.70. The van der Waals surface area contributed by atoms with E-state index >= 15 is 0 Å². The van der Waals surface area contributed by atoms with Crippen LogP contribution in [0.4, 0.5) is 0 Å². The summed E-state index contributed by atoms with van der Waals surface area (Å²) in [6, 6.07) is 7.18. The fourth-order valence-corrected chi connectivity index (χ4v) is 3.32. The maximum atomic E-state index is 12.6. The van der Waals surface area contributed by atoms with E-state index in [-0.39, 0.29) is 11.5 Å². The molecule has 0 saturated heterocycles. The van der Waals surface area contributed by atoms with Crippen molar-refractivity contribution >= 4 is 11.9 Å². The number of cyclic esters (lactones) is 1. The van der Waals surface area contributed by atoms with Crippen LogP contribution in [0.15, 0.2) is 35.8 Å². The molecule has 3 aliphatic heterocycles. The molecule has 0 N–H and O–H groups in total. The Morgan fingerprint density at radius 1 is 1.17 bits per heavy atom. The molecule has 2 bridgehead atoms. The number of fused-ring (bicyclic) bond motifs is 5. The van der Waals surface area contributed by atoms with E-state index in [0.717, 1.165) is 0 Å². The first-order chi connectivity index (χ1) is 11.4. The molecule has 7 nitrogen and oxygen atoms in total. The van der Waals surface area contributed by atoms with Gasteiger partial charge in [0.2, 0.25) is 0 Å². The molecule has 7 heteroatoms. The van der Waals surface area contributed by atoms with Gasteiger partial charge in [0.1, 0.15) is 17.2 Å². The number of rotatable bonds is 1. The highest BCUT2D eigenvalue weighted by Gasteiger charge is 2.56. The van der Waals surface area contributed by atoms with E-state index in [1.165, 1.54) is 7.11 Å². The summed E-state index contributed by atoms with van der Waals surface area (Å²) in [5.41, 5.74) is 0.872. The molecule has 1 unspecified atom stereocenters. The third-order valence-electron chi connectivity index (χ3n) is 4.27. The number of carbonyl (C=O) groups is 2. The third-order valence-corrected chi connectivity index (χ3v) is 4.27. The molecule has 24 heavy (non-hydrogen) atoms. The molecule has 0 radical (unpaired) electrons. The van der Waals surface area contributed by atoms with Crippen molar-refractivity contribution in [3.05, 3.63) is 41.3 Å². The van der Waals surface area contributed by atoms with Gasteiger partial charge in [-0.3, -0.25) is 4.79 Å². The summed E-state index contributed by atoms with van der Waals surface area (Å²) in [5, 5.41) is 0. The van der Waals surface area contributed by atoms with Gasteiger partial charge in [0.25, 0.3) is 18.0 Å². The van der Waals surface area contributed by atoms with Gasteiger partial charge >= 0.3 is 11.9 Å². The second kappa shape index (κ2) is 4.90. The molecule has 0 aliphatic carbocycles. The Labute approximate surface area is 138 Å². The number of para-hydroxylation sites is 1. The van der Waals surface area contributed by atoms with Crippen LogP contribution in [0.25, 0.3) is 0 Å². The third kappa shape index (κ3) is 2.04. The van der Waals surface area contributed by atoms with Crippen molar-refractivity contribution in [3.63, 3.8) is 0 Å². The number of hydrogen-bond donors (Lipinski definition) is 0. The molecule has 4 rings (SSSR count). The summed E-state index contributed by atoms with van der Waals surface area (Å²) < 4.78 is 27.3. The van der Waals surface area contributed by atoms with Crippen LogP contribution in [0.2, 0.25) is 0 Å². The van der Waals surface area contributed by atoms with Crippen molar-refractivity contribution in [2.45, 2.75) is 31.8 Å². The van der Waals surface area contributed by atoms with Gasteiger partial charge in [0, 0.05) is 25.3 Å². The highest BCUT2D eigenvalue weighted by molar-refractivity contribution is 5.94. The topological polar surface area (TPSA) is 80.3 Å². The molecule has 1 aromatic carbocycles.